The van der Waals surface area contributed by atoms with Crippen molar-refractivity contribution in [1.29, 1.82) is 0 Å². The van der Waals surface area contributed by atoms with E-state index in [1.54, 1.807) is 6.20 Å². The molecule has 1 heterocycles. The second kappa shape index (κ2) is 5.93. The molecule has 21 heavy (non-hydrogen) atoms. The smallest absolute Gasteiger partial charge is 0.104 e. The van der Waals surface area contributed by atoms with Crippen LogP contribution in [0.5, 0.6) is 0 Å². The highest BCUT2D eigenvalue weighted by molar-refractivity contribution is 7.80. The molecule has 0 amide bonds. The van der Waals surface area contributed by atoms with Crippen molar-refractivity contribution in [1.82, 2.24) is 9.55 Å². The highest BCUT2D eigenvalue weighted by Gasteiger charge is 2.07. The standard InChI is InChI=1S/C16H16N4S/c17-16(21)14-5-6-15(13-4-2-1-3-12(13)14)19-8-10-20-9-7-18-11-20/h1-7,9,11,19H,8,10H2,(H2,17,21). The Bertz CT molecular complexity index is 765. The zero-order valence-corrected chi connectivity index (χ0v) is 12.3. The molecule has 0 atom stereocenters. The second-order valence-electron chi connectivity index (χ2n) is 4.80. The average Bonchev–Trinajstić information content (AvgIpc) is 3.00. The molecule has 106 valence electrons. The van der Waals surface area contributed by atoms with E-state index in [1.165, 1.54) is 0 Å². The SMILES string of the molecule is NC(=S)c1ccc(NCCn2ccnc2)c2ccccc12. The molecule has 3 N–H and O–H groups in total. The number of nitrogens with two attached hydrogens (primary N) is 1. The number of imidazole rings is 1. The summed E-state index contributed by atoms with van der Waals surface area (Å²) >= 11 is 5.12. The molecule has 0 aliphatic heterocycles. The first kappa shape index (κ1) is 13.6. The Labute approximate surface area is 128 Å². The van der Waals surface area contributed by atoms with Gasteiger partial charge in [-0.05, 0) is 17.5 Å². The summed E-state index contributed by atoms with van der Waals surface area (Å²) in [5.74, 6) is 0. The maximum Gasteiger partial charge on any atom is 0.104 e. The van der Waals surface area contributed by atoms with Crippen LogP contribution in [0.1, 0.15) is 5.56 Å². The van der Waals surface area contributed by atoms with Crippen LogP contribution in [-0.4, -0.2) is 21.1 Å². The van der Waals surface area contributed by atoms with E-state index in [0.717, 1.165) is 35.1 Å². The Morgan fingerprint density at radius 3 is 2.71 bits per heavy atom. The molecule has 0 saturated carbocycles. The van der Waals surface area contributed by atoms with Gasteiger partial charge in [0.05, 0.1) is 6.33 Å². The largest absolute Gasteiger partial charge is 0.389 e. The minimum Gasteiger partial charge on any atom is -0.389 e. The topological polar surface area (TPSA) is 55.9 Å². The number of hydrogen-bond acceptors (Lipinski definition) is 3. The summed E-state index contributed by atoms with van der Waals surface area (Å²) < 4.78 is 2.04. The summed E-state index contributed by atoms with van der Waals surface area (Å²) in [6, 6.07) is 12.2. The number of hydrogen-bond donors (Lipinski definition) is 2. The molecule has 5 heteroatoms. The number of anilines is 1. The van der Waals surface area contributed by atoms with E-state index in [1.807, 2.05) is 47.4 Å². The average molecular weight is 296 g/mol. The van der Waals surface area contributed by atoms with Crippen LogP contribution in [0.2, 0.25) is 0 Å². The highest BCUT2D eigenvalue weighted by Crippen LogP contribution is 2.26. The number of benzene rings is 2. The summed E-state index contributed by atoms with van der Waals surface area (Å²) in [5, 5.41) is 5.67. The Balaban J connectivity index is 1.85. The van der Waals surface area contributed by atoms with Gasteiger partial charge in [-0.15, -0.1) is 0 Å². The van der Waals surface area contributed by atoms with Crippen molar-refractivity contribution in [2.75, 3.05) is 11.9 Å². The Morgan fingerprint density at radius 1 is 1.19 bits per heavy atom. The lowest BCUT2D eigenvalue weighted by Gasteiger charge is -2.12. The minimum atomic E-state index is 0.427. The molecule has 0 radical (unpaired) electrons. The van der Waals surface area contributed by atoms with E-state index in [0.29, 0.717) is 4.99 Å². The first-order valence-corrected chi connectivity index (χ1v) is 7.17. The summed E-state index contributed by atoms with van der Waals surface area (Å²) in [7, 11) is 0. The van der Waals surface area contributed by atoms with E-state index in [9.17, 15) is 0 Å². The molecule has 0 saturated heterocycles. The van der Waals surface area contributed by atoms with Crippen LogP contribution in [0.3, 0.4) is 0 Å². The van der Waals surface area contributed by atoms with E-state index in [2.05, 4.69) is 16.4 Å². The molecular weight excluding hydrogens is 280 g/mol. The van der Waals surface area contributed by atoms with Gasteiger partial charge in [-0.1, -0.05) is 36.5 Å². The van der Waals surface area contributed by atoms with Gasteiger partial charge >= 0.3 is 0 Å². The van der Waals surface area contributed by atoms with Crippen LogP contribution in [0.4, 0.5) is 5.69 Å². The lowest BCUT2D eigenvalue weighted by Crippen LogP contribution is -2.12. The lowest BCUT2D eigenvalue weighted by molar-refractivity contribution is 0.727. The molecule has 0 bridgehead atoms. The summed E-state index contributed by atoms with van der Waals surface area (Å²) in [5.41, 5.74) is 7.80. The minimum absolute atomic E-state index is 0.427. The molecule has 3 rings (SSSR count). The first-order valence-electron chi connectivity index (χ1n) is 6.77. The van der Waals surface area contributed by atoms with Crippen molar-refractivity contribution < 1.29 is 0 Å². The Kier molecular flexibility index (Phi) is 3.83. The number of rotatable bonds is 5. The molecule has 0 fully saturated rings. The van der Waals surface area contributed by atoms with Gasteiger partial charge in [0.1, 0.15) is 4.99 Å². The first-order chi connectivity index (χ1) is 10.3. The van der Waals surface area contributed by atoms with Crippen LogP contribution in [0.15, 0.2) is 55.1 Å². The molecule has 3 aromatic rings. The van der Waals surface area contributed by atoms with Crippen LogP contribution in [0, 0.1) is 0 Å². The fraction of sp³-hybridized carbons (Fsp3) is 0.125. The van der Waals surface area contributed by atoms with Gasteiger partial charge in [0.15, 0.2) is 0 Å². The Hall–Kier alpha value is -2.40. The van der Waals surface area contributed by atoms with E-state index >= 15 is 0 Å². The molecular formula is C16H16N4S. The van der Waals surface area contributed by atoms with E-state index in [4.69, 9.17) is 18.0 Å². The molecule has 0 unspecified atom stereocenters. The van der Waals surface area contributed by atoms with E-state index in [-0.39, 0.29) is 0 Å². The van der Waals surface area contributed by atoms with Crippen molar-refractivity contribution in [2.24, 2.45) is 5.73 Å². The van der Waals surface area contributed by atoms with Crippen LogP contribution in [-0.2, 0) is 6.54 Å². The number of fused-ring (bicyclic) bond motifs is 1. The maximum atomic E-state index is 5.79. The van der Waals surface area contributed by atoms with Crippen LogP contribution in [0.25, 0.3) is 10.8 Å². The van der Waals surface area contributed by atoms with Crippen LogP contribution >= 0.6 is 12.2 Å². The summed E-state index contributed by atoms with van der Waals surface area (Å²) in [6.45, 7) is 1.69. The molecule has 0 spiro atoms. The molecule has 0 aliphatic rings. The molecule has 2 aromatic carbocycles. The number of aromatic nitrogens is 2. The third-order valence-corrected chi connectivity index (χ3v) is 3.65. The summed E-state index contributed by atoms with van der Waals surface area (Å²) in [4.78, 5) is 4.46. The highest BCUT2D eigenvalue weighted by atomic mass is 32.1. The van der Waals surface area contributed by atoms with Gasteiger partial charge in [-0.2, -0.15) is 0 Å². The lowest BCUT2D eigenvalue weighted by atomic mass is 10.0. The number of nitrogens with one attached hydrogen (secondary N) is 1. The number of thiocarbonyl (C=S) groups is 1. The van der Waals surface area contributed by atoms with Gasteiger partial charge in [-0.3, -0.25) is 0 Å². The van der Waals surface area contributed by atoms with Gasteiger partial charge in [0.2, 0.25) is 0 Å². The van der Waals surface area contributed by atoms with Gasteiger partial charge in [0.25, 0.3) is 0 Å². The summed E-state index contributed by atoms with van der Waals surface area (Å²) in [6.07, 6.45) is 5.55. The van der Waals surface area contributed by atoms with Gasteiger partial charge < -0.3 is 15.6 Å². The zero-order chi connectivity index (χ0) is 14.7. The van der Waals surface area contributed by atoms with Gasteiger partial charge in [-0.25, -0.2) is 4.98 Å². The van der Waals surface area contributed by atoms with Gasteiger partial charge in [0, 0.05) is 42.1 Å². The van der Waals surface area contributed by atoms with Crippen molar-refractivity contribution in [2.45, 2.75) is 6.54 Å². The van der Waals surface area contributed by atoms with Crippen molar-refractivity contribution in [3.8, 4) is 0 Å². The second-order valence-corrected chi connectivity index (χ2v) is 5.24. The zero-order valence-electron chi connectivity index (χ0n) is 11.5. The fourth-order valence-electron chi connectivity index (χ4n) is 2.41. The Morgan fingerprint density at radius 2 is 2.00 bits per heavy atom. The quantitative estimate of drug-likeness (QED) is 0.711. The van der Waals surface area contributed by atoms with Crippen LogP contribution < -0.4 is 11.1 Å². The molecule has 1 aromatic heterocycles. The van der Waals surface area contributed by atoms with E-state index < -0.39 is 0 Å². The predicted molar refractivity (Wildman–Crippen MR) is 90.6 cm³/mol. The maximum absolute atomic E-state index is 5.79. The normalized spacial score (nSPS) is 10.7. The molecule has 4 nitrogen and oxygen atoms in total. The predicted octanol–water partition coefficient (Wildman–Crippen LogP) is 2.78. The van der Waals surface area contributed by atoms with Crippen molar-refractivity contribution in [3.05, 3.63) is 60.7 Å². The van der Waals surface area contributed by atoms with Crippen molar-refractivity contribution >= 4 is 33.7 Å². The van der Waals surface area contributed by atoms with Crippen molar-refractivity contribution in [3.63, 3.8) is 0 Å². The third kappa shape index (κ3) is 2.87. The number of nitrogens with zero attached hydrogens (tertiary/aromatic N) is 2. The fourth-order valence-corrected chi connectivity index (χ4v) is 2.58. The monoisotopic (exact) mass is 296 g/mol. The molecule has 0 aliphatic carbocycles. The third-order valence-electron chi connectivity index (χ3n) is 3.43.